The fraction of sp³-hybridized carbons (Fsp3) is 0.333. The topological polar surface area (TPSA) is 183 Å². The number of hydrogen-bond donors (Lipinski definition) is 3. The zero-order chi connectivity index (χ0) is 39.9. The number of rotatable bonds is 12. The molecule has 4 heterocycles. The van der Waals surface area contributed by atoms with Gasteiger partial charge >= 0.3 is 18.1 Å². The number of benzene rings is 2. The van der Waals surface area contributed by atoms with Gasteiger partial charge < -0.3 is 24.3 Å². The van der Waals surface area contributed by atoms with Crippen molar-refractivity contribution in [2.75, 3.05) is 36.9 Å². The second kappa shape index (κ2) is 17.4. The van der Waals surface area contributed by atoms with E-state index in [1.54, 1.807) is 34.9 Å². The van der Waals surface area contributed by atoms with Crippen molar-refractivity contribution >= 4 is 35.6 Å². The number of esters is 1. The van der Waals surface area contributed by atoms with Crippen LogP contribution in [0.5, 0.6) is 0 Å². The van der Waals surface area contributed by atoms with Gasteiger partial charge in [0.05, 0.1) is 6.04 Å². The molecule has 57 heavy (non-hydrogen) atoms. The summed E-state index contributed by atoms with van der Waals surface area (Å²) in [6, 6.07) is 22.4. The fourth-order valence-corrected chi connectivity index (χ4v) is 7.19. The van der Waals surface area contributed by atoms with Crippen LogP contribution in [-0.4, -0.2) is 86.0 Å². The first-order chi connectivity index (χ1) is 27.7. The Morgan fingerprint density at radius 1 is 0.825 bits per heavy atom. The maximum Gasteiger partial charge on any atom is 0.407 e. The average Bonchev–Trinajstić information content (AvgIpc) is 3.85. The number of carbonyl (C=O) groups is 4. The van der Waals surface area contributed by atoms with E-state index in [-0.39, 0.29) is 42.6 Å². The number of likely N-dealkylation sites (tertiary alicyclic amines) is 1. The molecule has 7 rings (SSSR count). The molecule has 294 valence electrons. The van der Waals surface area contributed by atoms with Crippen molar-refractivity contribution in [3.8, 4) is 22.6 Å². The summed E-state index contributed by atoms with van der Waals surface area (Å²) in [6.45, 7) is 6.96. The average molecular weight is 772 g/mol. The van der Waals surface area contributed by atoms with Gasteiger partial charge in [0, 0.05) is 30.8 Å². The quantitative estimate of drug-likeness (QED) is 0.116. The zero-order valence-electron chi connectivity index (χ0n) is 32.1. The molecule has 15 heteroatoms. The lowest BCUT2D eigenvalue weighted by Gasteiger charge is -2.26. The number of aromatic nitrogens is 5. The molecule has 15 nitrogen and oxygen atoms in total. The number of ether oxygens (including phenoxy) is 2. The minimum absolute atomic E-state index is 0.0495. The number of fused-ring (bicyclic) bond motifs is 3. The summed E-state index contributed by atoms with van der Waals surface area (Å²) >= 11 is 0. The summed E-state index contributed by atoms with van der Waals surface area (Å²) < 4.78 is 13.1. The molecule has 1 aliphatic heterocycles. The number of alkyl carbamates (subject to hydrolysis) is 1. The van der Waals surface area contributed by atoms with Crippen LogP contribution < -0.4 is 16.0 Å². The van der Waals surface area contributed by atoms with Crippen molar-refractivity contribution in [2.45, 2.75) is 58.0 Å². The third-order valence-corrected chi connectivity index (χ3v) is 10.2. The van der Waals surface area contributed by atoms with E-state index < -0.39 is 30.2 Å². The van der Waals surface area contributed by atoms with Crippen LogP contribution in [0, 0.1) is 5.92 Å². The summed E-state index contributed by atoms with van der Waals surface area (Å²) in [4.78, 5) is 62.8. The normalized spacial score (nSPS) is 14.6. The van der Waals surface area contributed by atoms with Gasteiger partial charge in [0.2, 0.25) is 0 Å². The third-order valence-electron chi connectivity index (χ3n) is 10.2. The van der Waals surface area contributed by atoms with E-state index in [4.69, 9.17) is 9.47 Å². The Bertz CT molecular complexity index is 2210. The molecule has 3 aromatic heterocycles. The van der Waals surface area contributed by atoms with Gasteiger partial charge in [-0.25, -0.2) is 24.4 Å². The van der Waals surface area contributed by atoms with Crippen molar-refractivity contribution < 1.29 is 28.7 Å². The monoisotopic (exact) mass is 771 g/mol. The zero-order valence-corrected chi connectivity index (χ0v) is 32.1. The highest BCUT2D eigenvalue weighted by Gasteiger charge is 2.31. The summed E-state index contributed by atoms with van der Waals surface area (Å²) in [6.07, 6.45) is 5.34. The maximum absolute atomic E-state index is 13.3. The molecule has 0 saturated carbocycles. The molecular formula is C42H45N9O6. The Hall–Kier alpha value is -6.64. The molecule has 4 amide bonds. The lowest BCUT2D eigenvalue weighted by Crippen LogP contribution is -2.46. The first-order valence-corrected chi connectivity index (χ1v) is 19.1. The number of carbonyl (C=O) groups excluding carboxylic acids is 4. The number of amides is 4. The molecule has 1 fully saturated rings. The van der Waals surface area contributed by atoms with Crippen LogP contribution in [0.3, 0.4) is 0 Å². The van der Waals surface area contributed by atoms with E-state index in [2.05, 4.69) is 48.2 Å². The summed E-state index contributed by atoms with van der Waals surface area (Å²) in [5.41, 5.74) is 5.29. The largest absolute Gasteiger partial charge is 0.462 e. The highest BCUT2D eigenvalue weighted by atomic mass is 16.6. The van der Waals surface area contributed by atoms with Gasteiger partial charge in [0.15, 0.2) is 5.82 Å². The molecular weight excluding hydrogens is 727 g/mol. The number of pyridine rings is 2. The highest BCUT2D eigenvalue weighted by Crippen LogP contribution is 2.44. The fourth-order valence-electron chi connectivity index (χ4n) is 7.19. The summed E-state index contributed by atoms with van der Waals surface area (Å²) in [5.74, 6) is -0.250. The second-order valence-corrected chi connectivity index (χ2v) is 14.5. The van der Waals surface area contributed by atoms with Crippen molar-refractivity contribution in [3.05, 3.63) is 108 Å². The summed E-state index contributed by atoms with van der Waals surface area (Å²) in [5, 5.41) is 16.4. The van der Waals surface area contributed by atoms with Gasteiger partial charge in [-0.15, -0.1) is 10.2 Å². The predicted octanol–water partition coefficient (Wildman–Crippen LogP) is 6.67. The number of anilines is 2. The number of nitrogens with one attached hydrogen (secondary N) is 3. The van der Waals surface area contributed by atoms with Gasteiger partial charge in [0.1, 0.15) is 42.9 Å². The standard InChI is InChI=1S/C42H45N9O6/c1-26(2)37(48-42(55)57-24-33-31-14-7-5-12-29(31)30-13-6-8-15-32(30)33)40(53)56-23-27(3)51-25-44-49-38(51)34-16-11-17-35(45-34)46-41(54)47-36-22-28(18-19-43-36)39(52)50-20-9-4-10-21-50/h5-8,11-19,22,25-27,33,37H,4,9-10,20-21,23-24H2,1-3H3,(H,48,55)(H2,43,45,46,47,54)/t27-,37+/m1/s1. The van der Waals surface area contributed by atoms with Gasteiger partial charge in [-0.1, -0.05) is 68.4 Å². The Morgan fingerprint density at radius 2 is 1.53 bits per heavy atom. The first kappa shape index (κ1) is 38.6. The van der Waals surface area contributed by atoms with Crippen LogP contribution >= 0.6 is 0 Å². The van der Waals surface area contributed by atoms with Gasteiger partial charge in [0.25, 0.3) is 5.91 Å². The molecule has 0 spiro atoms. The smallest absolute Gasteiger partial charge is 0.407 e. The molecule has 0 bridgehead atoms. The van der Waals surface area contributed by atoms with E-state index in [0.717, 1.165) is 41.5 Å². The lowest BCUT2D eigenvalue weighted by molar-refractivity contribution is -0.148. The van der Waals surface area contributed by atoms with Crippen LogP contribution in [0.25, 0.3) is 22.6 Å². The van der Waals surface area contributed by atoms with Crippen LogP contribution in [0.4, 0.5) is 21.2 Å². The van der Waals surface area contributed by atoms with E-state index in [1.807, 2.05) is 62.1 Å². The molecule has 0 radical (unpaired) electrons. The third kappa shape index (κ3) is 8.93. The SMILES string of the molecule is CC(C)[C@H](NC(=O)OCC1c2ccccc2-c2ccccc21)C(=O)OC[C@@H](C)n1cnnc1-c1cccc(NC(=O)Nc2cc(C(=O)N3CCCCC3)ccn2)n1. The molecule has 2 aromatic carbocycles. The van der Waals surface area contributed by atoms with Crippen LogP contribution in [0.15, 0.2) is 91.4 Å². The van der Waals surface area contributed by atoms with E-state index >= 15 is 0 Å². The van der Waals surface area contributed by atoms with Crippen molar-refractivity contribution in [1.29, 1.82) is 0 Å². The van der Waals surface area contributed by atoms with E-state index in [0.29, 0.717) is 30.2 Å². The van der Waals surface area contributed by atoms with Gasteiger partial charge in [-0.3, -0.25) is 15.4 Å². The van der Waals surface area contributed by atoms with Crippen LogP contribution in [0.1, 0.15) is 73.5 Å². The van der Waals surface area contributed by atoms with Crippen LogP contribution in [-0.2, 0) is 14.3 Å². The second-order valence-electron chi connectivity index (χ2n) is 14.5. The maximum atomic E-state index is 13.3. The number of nitrogens with zero attached hydrogens (tertiary/aromatic N) is 6. The van der Waals surface area contributed by atoms with Gasteiger partial charge in [-0.05, 0) is 78.6 Å². The molecule has 3 N–H and O–H groups in total. The van der Waals surface area contributed by atoms with E-state index in [1.165, 1.54) is 12.5 Å². The molecule has 1 saturated heterocycles. The molecule has 0 unspecified atom stereocenters. The van der Waals surface area contributed by atoms with E-state index in [9.17, 15) is 19.2 Å². The van der Waals surface area contributed by atoms with Crippen molar-refractivity contribution in [1.82, 2.24) is 34.9 Å². The van der Waals surface area contributed by atoms with Crippen LogP contribution in [0.2, 0.25) is 0 Å². The summed E-state index contributed by atoms with van der Waals surface area (Å²) in [7, 11) is 0. The number of piperidine rings is 1. The minimum atomic E-state index is -0.948. The Kier molecular flexibility index (Phi) is 11.8. The first-order valence-electron chi connectivity index (χ1n) is 19.1. The Labute approximate surface area is 330 Å². The predicted molar refractivity (Wildman–Crippen MR) is 212 cm³/mol. The van der Waals surface area contributed by atoms with Crippen molar-refractivity contribution in [3.63, 3.8) is 0 Å². The Balaban J connectivity index is 0.925. The minimum Gasteiger partial charge on any atom is -0.462 e. The molecule has 5 aromatic rings. The lowest BCUT2D eigenvalue weighted by atomic mass is 9.98. The molecule has 2 atom stereocenters. The highest BCUT2D eigenvalue weighted by molar-refractivity contribution is 6.00. The molecule has 2 aliphatic rings. The van der Waals surface area contributed by atoms with Gasteiger partial charge in [-0.2, -0.15) is 0 Å². The molecule has 1 aliphatic carbocycles. The number of urea groups is 1. The number of hydrogen-bond acceptors (Lipinski definition) is 10. The Morgan fingerprint density at radius 3 is 2.25 bits per heavy atom. The van der Waals surface area contributed by atoms with Crippen molar-refractivity contribution in [2.24, 2.45) is 5.92 Å².